The minimum Gasteiger partial charge on any atom is -0.497 e. The van der Waals surface area contributed by atoms with E-state index in [1.807, 2.05) is 42.5 Å². The van der Waals surface area contributed by atoms with Crippen LogP contribution >= 0.6 is 0 Å². The molecule has 0 saturated carbocycles. The standard InChI is InChI=1S/C26H18N2O/c1-29-20-12-13-22-21-9-5-6-10-24(21)28(26(22)16-20)25-14-11-18(17-27)15-23(25)19-7-3-2-4-8-19/h2-16H,1H3. The molecule has 0 unspecified atom stereocenters. The fourth-order valence-electron chi connectivity index (χ4n) is 3.99. The molecule has 0 spiro atoms. The second kappa shape index (κ2) is 6.85. The summed E-state index contributed by atoms with van der Waals surface area (Å²) in [5.41, 5.74) is 5.98. The number of fused-ring (bicyclic) bond motifs is 3. The first kappa shape index (κ1) is 17.1. The van der Waals surface area contributed by atoms with Crippen LogP contribution in [0, 0.1) is 11.3 Å². The van der Waals surface area contributed by atoms with Gasteiger partial charge >= 0.3 is 0 Å². The van der Waals surface area contributed by atoms with Gasteiger partial charge in [-0.3, -0.25) is 0 Å². The van der Waals surface area contributed by atoms with Crippen LogP contribution in [0.5, 0.6) is 5.75 Å². The van der Waals surface area contributed by atoms with Crippen LogP contribution in [0.2, 0.25) is 0 Å². The zero-order valence-electron chi connectivity index (χ0n) is 16.0. The van der Waals surface area contributed by atoms with E-state index in [-0.39, 0.29) is 0 Å². The number of para-hydroxylation sites is 1. The maximum Gasteiger partial charge on any atom is 0.120 e. The number of methoxy groups -OCH3 is 1. The summed E-state index contributed by atoms with van der Waals surface area (Å²) in [6.45, 7) is 0. The topological polar surface area (TPSA) is 38.0 Å². The lowest BCUT2D eigenvalue weighted by Crippen LogP contribution is -1.98. The highest BCUT2D eigenvalue weighted by molar-refractivity contribution is 6.10. The third-order valence-corrected chi connectivity index (χ3v) is 5.33. The molecule has 29 heavy (non-hydrogen) atoms. The van der Waals surface area contributed by atoms with Gasteiger partial charge in [0.1, 0.15) is 5.75 Å². The lowest BCUT2D eigenvalue weighted by Gasteiger charge is -2.15. The van der Waals surface area contributed by atoms with Crippen LogP contribution in [0.25, 0.3) is 38.6 Å². The Balaban J connectivity index is 1.92. The molecule has 4 aromatic carbocycles. The van der Waals surface area contributed by atoms with E-state index in [9.17, 15) is 5.26 Å². The van der Waals surface area contributed by atoms with E-state index < -0.39 is 0 Å². The van der Waals surface area contributed by atoms with Crippen molar-refractivity contribution in [2.45, 2.75) is 0 Å². The minimum absolute atomic E-state index is 0.644. The van der Waals surface area contributed by atoms with Gasteiger partial charge in [0.25, 0.3) is 0 Å². The Kier molecular flexibility index (Phi) is 4.04. The second-order valence-electron chi connectivity index (χ2n) is 6.95. The van der Waals surface area contributed by atoms with Gasteiger partial charge in [-0.25, -0.2) is 0 Å². The zero-order valence-corrected chi connectivity index (χ0v) is 16.0. The van der Waals surface area contributed by atoms with Gasteiger partial charge in [0.15, 0.2) is 0 Å². The number of hydrogen-bond donors (Lipinski definition) is 0. The van der Waals surface area contributed by atoms with Crippen LogP contribution in [0.3, 0.4) is 0 Å². The molecule has 0 N–H and O–H groups in total. The molecule has 0 aliphatic heterocycles. The van der Waals surface area contributed by atoms with Crippen LogP contribution in [0.15, 0.2) is 91.0 Å². The van der Waals surface area contributed by atoms with Crippen molar-refractivity contribution < 1.29 is 4.74 Å². The first-order valence-corrected chi connectivity index (χ1v) is 9.47. The molecule has 5 aromatic rings. The van der Waals surface area contributed by atoms with Gasteiger partial charge < -0.3 is 9.30 Å². The first-order valence-electron chi connectivity index (χ1n) is 9.47. The van der Waals surface area contributed by atoms with E-state index in [1.165, 1.54) is 10.8 Å². The number of nitriles is 1. The first-order chi connectivity index (χ1) is 14.3. The molecule has 0 radical (unpaired) electrons. The number of aromatic nitrogens is 1. The van der Waals surface area contributed by atoms with Crippen molar-refractivity contribution in [2.24, 2.45) is 0 Å². The average Bonchev–Trinajstić information content (AvgIpc) is 3.12. The Morgan fingerprint density at radius 1 is 0.759 bits per heavy atom. The Morgan fingerprint density at radius 3 is 2.31 bits per heavy atom. The summed E-state index contributed by atoms with van der Waals surface area (Å²) in [4.78, 5) is 0. The fourth-order valence-corrected chi connectivity index (χ4v) is 3.99. The molecule has 0 saturated heterocycles. The van der Waals surface area contributed by atoms with E-state index in [1.54, 1.807) is 7.11 Å². The molecule has 5 rings (SSSR count). The third-order valence-electron chi connectivity index (χ3n) is 5.33. The van der Waals surface area contributed by atoms with Crippen molar-refractivity contribution in [3.8, 4) is 28.6 Å². The highest BCUT2D eigenvalue weighted by atomic mass is 16.5. The zero-order chi connectivity index (χ0) is 19.8. The number of benzene rings is 4. The van der Waals surface area contributed by atoms with E-state index in [4.69, 9.17) is 4.74 Å². The molecular formula is C26H18N2O. The minimum atomic E-state index is 0.644. The summed E-state index contributed by atoms with van der Waals surface area (Å²) < 4.78 is 7.76. The Morgan fingerprint density at radius 2 is 1.52 bits per heavy atom. The van der Waals surface area contributed by atoms with Gasteiger partial charge in [0, 0.05) is 22.4 Å². The maximum absolute atomic E-state index is 9.47. The van der Waals surface area contributed by atoms with Crippen LogP contribution in [0.4, 0.5) is 0 Å². The lowest BCUT2D eigenvalue weighted by molar-refractivity contribution is 0.415. The van der Waals surface area contributed by atoms with Crippen LogP contribution < -0.4 is 4.74 Å². The molecule has 0 atom stereocenters. The predicted octanol–water partition coefficient (Wildman–Crippen LogP) is 6.33. The summed E-state index contributed by atoms with van der Waals surface area (Å²) in [6, 6.07) is 32.9. The average molecular weight is 374 g/mol. The van der Waals surface area contributed by atoms with Gasteiger partial charge in [0.2, 0.25) is 0 Å². The Hall–Kier alpha value is -4.03. The molecular weight excluding hydrogens is 356 g/mol. The molecule has 1 heterocycles. The smallest absolute Gasteiger partial charge is 0.120 e. The van der Waals surface area contributed by atoms with Crippen molar-refractivity contribution >= 4 is 21.8 Å². The Bertz CT molecular complexity index is 1390. The fraction of sp³-hybridized carbons (Fsp3) is 0.0385. The van der Waals surface area contributed by atoms with Crippen molar-refractivity contribution in [3.05, 3.63) is 96.6 Å². The van der Waals surface area contributed by atoms with Crippen LogP contribution in [-0.2, 0) is 0 Å². The molecule has 3 nitrogen and oxygen atoms in total. The highest BCUT2D eigenvalue weighted by Gasteiger charge is 2.16. The number of rotatable bonds is 3. The summed E-state index contributed by atoms with van der Waals surface area (Å²) >= 11 is 0. The Labute approximate surface area is 169 Å². The lowest BCUT2D eigenvalue weighted by atomic mass is 10.0. The summed E-state index contributed by atoms with van der Waals surface area (Å²) in [5.74, 6) is 0.816. The SMILES string of the molecule is COc1ccc2c3ccccc3n(-c3ccc(C#N)cc3-c3ccccc3)c2c1. The van der Waals surface area contributed by atoms with Gasteiger partial charge in [-0.05, 0) is 42.0 Å². The summed E-state index contributed by atoms with van der Waals surface area (Å²) in [7, 11) is 1.69. The van der Waals surface area contributed by atoms with E-state index >= 15 is 0 Å². The molecule has 0 aliphatic carbocycles. The van der Waals surface area contributed by atoms with E-state index in [0.717, 1.165) is 33.6 Å². The third kappa shape index (κ3) is 2.74. The van der Waals surface area contributed by atoms with Crippen molar-refractivity contribution in [3.63, 3.8) is 0 Å². The monoisotopic (exact) mass is 374 g/mol. The van der Waals surface area contributed by atoms with Gasteiger partial charge in [-0.1, -0.05) is 48.5 Å². The second-order valence-corrected chi connectivity index (χ2v) is 6.95. The molecule has 1 aromatic heterocycles. The molecule has 0 aliphatic rings. The summed E-state index contributed by atoms with van der Waals surface area (Å²) in [5, 5.41) is 11.8. The summed E-state index contributed by atoms with van der Waals surface area (Å²) in [6.07, 6.45) is 0. The van der Waals surface area contributed by atoms with Crippen molar-refractivity contribution in [1.29, 1.82) is 5.26 Å². The molecule has 0 fully saturated rings. The van der Waals surface area contributed by atoms with Crippen molar-refractivity contribution in [2.75, 3.05) is 7.11 Å². The molecule has 138 valence electrons. The van der Waals surface area contributed by atoms with Gasteiger partial charge in [-0.15, -0.1) is 0 Å². The number of hydrogen-bond acceptors (Lipinski definition) is 2. The molecule has 3 heteroatoms. The largest absolute Gasteiger partial charge is 0.497 e. The van der Waals surface area contributed by atoms with E-state index in [2.05, 4.69) is 59.2 Å². The van der Waals surface area contributed by atoms with Crippen LogP contribution in [-0.4, -0.2) is 11.7 Å². The number of nitrogens with zero attached hydrogens (tertiary/aromatic N) is 2. The maximum atomic E-state index is 9.47. The highest BCUT2D eigenvalue weighted by Crippen LogP contribution is 2.37. The normalized spacial score (nSPS) is 10.9. The molecule has 0 bridgehead atoms. The van der Waals surface area contributed by atoms with Crippen molar-refractivity contribution in [1.82, 2.24) is 4.57 Å². The van der Waals surface area contributed by atoms with Gasteiger partial charge in [0.05, 0.1) is 35.5 Å². The molecule has 0 amide bonds. The van der Waals surface area contributed by atoms with E-state index in [0.29, 0.717) is 5.56 Å². The predicted molar refractivity (Wildman–Crippen MR) is 117 cm³/mol. The van der Waals surface area contributed by atoms with Gasteiger partial charge in [-0.2, -0.15) is 5.26 Å². The quantitative estimate of drug-likeness (QED) is 0.370. The van der Waals surface area contributed by atoms with Crippen LogP contribution in [0.1, 0.15) is 5.56 Å². The number of ether oxygens (including phenoxy) is 1.